The summed E-state index contributed by atoms with van der Waals surface area (Å²) < 4.78 is 32.8. The van der Waals surface area contributed by atoms with Crippen LogP contribution in [0.25, 0.3) is 0 Å². The van der Waals surface area contributed by atoms with Gasteiger partial charge in [-0.25, -0.2) is 0 Å². The Morgan fingerprint density at radius 2 is 2.00 bits per heavy atom. The van der Waals surface area contributed by atoms with Crippen LogP contribution in [0.4, 0.5) is 5.69 Å². The minimum Gasteiger partial charge on any atom is -0.497 e. The lowest BCUT2D eigenvalue weighted by molar-refractivity contribution is 0.359. The van der Waals surface area contributed by atoms with Crippen molar-refractivity contribution in [2.75, 3.05) is 44.6 Å². The molecule has 19 heavy (non-hydrogen) atoms. The first-order valence-corrected chi connectivity index (χ1v) is 7.54. The number of nitrogens with one attached hydrogen (secondary N) is 1. The normalized spacial score (nSPS) is 17.2. The van der Waals surface area contributed by atoms with E-state index in [1.54, 1.807) is 38.4 Å². The molecule has 0 bridgehead atoms. The number of methoxy groups -OCH3 is 1. The summed E-state index contributed by atoms with van der Waals surface area (Å²) in [5, 5.41) is 3.14. The Morgan fingerprint density at radius 1 is 1.32 bits per heavy atom. The average Bonchev–Trinajstić information content (AvgIpc) is 2.47. The molecule has 2 rings (SSSR count). The van der Waals surface area contributed by atoms with E-state index in [0.29, 0.717) is 37.6 Å². The summed E-state index contributed by atoms with van der Waals surface area (Å²) in [5.74, 6) is 0.639. The van der Waals surface area contributed by atoms with Gasteiger partial charge in [0.05, 0.1) is 12.8 Å². The van der Waals surface area contributed by atoms with Gasteiger partial charge >= 0.3 is 10.2 Å². The second kappa shape index (κ2) is 5.77. The zero-order valence-corrected chi connectivity index (χ0v) is 12.0. The predicted octanol–water partition coefficient (Wildman–Crippen LogP) is 0.281. The van der Waals surface area contributed by atoms with Crippen LogP contribution >= 0.6 is 0 Å². The van der Waals surface area contributed by atoms with Crippen molar-refractivity contribution < 1.29 is 13.2 Å². The minimum atomic E-state index is -3.47. The number of rotatable bonds is 4. The lowest BCUT2D eigenvalue weighted by atomic mass is 10.3. The highest BCUT2D eigenvalue weighted by Gasteiger charge is 2.28. The van der Waals surface area contributed by atoms with Crippen molar-refractivity contribution in [2.24, 2.45) is 0 Å². The molecule has 1 heterocycles. The summed E-state index contributed by atoms with van der Waals surface area (Å²) in [6.45, 7) is 2.36. The summed E-state index contributed by atoms with van der Waals surface area (Å²) in [6, 6.07) is 7.02. The highest BCUT2D eigenvalue weighted by molar-refractivity contribution is 7.90. The van der Waals surface area contributed by atoms with Crippen LogP contribution in [0.1, 0.15) is 0 Å². The summed E-state index contributed by atoms with van der Waals surface area (Å²) in [4.78, 5) is 0. The third kappa shape index (κ3) is 2.99. The molecule has 0 spiro atoms. The third-order valence-corrected chi connectivity index (χ3v) is 5.09. The lowest BCUT2D eigenvalue weighted by Crippen LogP contribution is -2.51. The molecular formula is C12H19N3O3S. The molecule has 0 unspecified atom stereocenters. The van der Waals surface area contributed by atoms with Crippen LogP contribution in [-0.4, -0.2) is 53.1 Å². The molecule has 1 fully saturated rings. The number of benzene rings is 1. The van der Waals surface area contributed by atoms with E-state index >= 15 is 0 Å². The molecule has 0 atom stereocenters. The minimum absolute atomic E-state index is 0.497. The first-order chi connectivity index (χ1) is 9.05. The van der Waals surface area contributed by atoms with E-state index in [0.717, 1.165) is 0 Å². The van der Waals surface area contributed by atoms with Gasteiger partial charge in [-0.15, -0.1) is 0 Å². The van der Waals surface area contributed by atoms with E-state index in [1.165, 1.54) is 8.61 Å². The first kappa shape index (κ1) is 14.1. The summed E-state index contributed by atoms with van der Waals surface area (Å²) >= 11 is 0. The molecule has 1 aliphatic rings. The van der Waals surface area contributed by atoms with Crippen molar-refractivity contribution >= 4 is 15.9 Å². The highest BCUT2D eigenvalue weighted by Crippen LogP contribution is 2.23. The zero-order chi connectivity index (χ0) is 13.9. The van der Waals surface area contributed by atoms with Crippen molar-refractivity contribution in [3.63, 3.8) is 0 Å². The molecule has 1 aromatic carbocycles. The van der Waals surface area contributed by atoms with Crippen molar-refractivity contribution in [2.45, 2.75) is 0 Å². The van der Waals surface area contributed by atoms with Crippen LogP contribution in [0.2, 0.25) is 0 Å². The van der Waals surface area contributed by atoms with E-state index in [9.17, 15) is 8.42 Å². The van der Waals surface area contributed by atoms with Crippen molar-refractivity contribution in [1.82, 2.24) is 9.62 Å². The standard InChI is InChI=1S/C12H19N3O3S/c1-14(11-4-3-5-12(10-11)18-2)19(16,17)15-8-6-13-7-9-15/h3-5,10,13H,6-9H2,1-2H3. The number of hydrogen-bond donors (Lipinski definition) is 1. The number of piperazine rings is 1. The Balaban J connectivity index is 2.23. The summed E-state index contributed by atoms with van der Waals surface area (Å²) in [6.07, 6.45) is 0. The second-order valence-corrected chi connectivity index (χ2v) is 6.29. The van der Waals surface area contributed by atoms with Gasteiger partial charge in [-0.05, 0) is 12.1 Å². The van der Waals surface area contributed by atoms with Gasteiger partial charge in [0.25, 0.3) is 0 Å². The van der Waals surface area contributed by atoms with E-state index in [1.807, 2.05) is 0 Å². The fourth-order valence-electron chi connectivity index (χ4n) is 1.99. The Bertz CT molecular complexity index is 527. The van der Waals surface area contributed by atoms with Gasteiger partial charge in [-0.2, -0.15) is 12.7 Å². The molecule has 1 aromatic rings. The van der Waals surface area contributed by atoms with Crippen molar-refractivity contribution in [1.29, 1.82) is 0 Å². The molecule has 1 saturated heterocycles. The van der Waals surface area contributed by atoms with Gasteiger partial charge in [0.1, 0.15) is 5.75 Å². The molecule has 106 valence electrons. The molecule has 6 nitrogen and oxygen atoms in total. The molecule has 0 amide bonds. The largest absolute Gasteiger partial charge is 0.497 e. The highest BCUT2D eigenvalue weighted by atomic mass is 32.2. The molecule has 7 heteroatoms. The van der Waals surface area contributed by atoms with Gasteiger partial charge in [-0.1, -0.05) is 6.07 Å². The van der Waals surface area contributed by atoms with Crippen LogP contribution in [-0.2, 0) is 10.2 Å². The van der Waals surface area contributed by atoms with Gasteiger partial charge < -0.3 is 10.1 Å². The lowest BCUT2D eigenvalue weighted by Gasteiger charge is -2.31. The van der Waals surface area contributed by atoms with Crippen LogP contribution in [0, 0.1) is 0 Å². The van der Waals surface area contributed by atoms with Gasteiger partial charge in [0, 0.05) is 39.3 Å². The SMILES string of the molecule is COc1cccc(N(C)S(=O)(=O)N2CCNCC2)c1. The Morgan fingerprint density at radius 3 is 2.63 bits per heavy atom. The van der Waals surface area contributed by atoms with E-state index in [2.05, 4.69) is 5.32 Å². The van der Waals surface area contributed by atoms with Crippen LogP contribution in [0.5, 0.6) is 5.75 Å². The zero-order valence-electron chi connectivity index (χ0n) is 11.2. The Hall–Kier alpha value is -1.31. The van der Waals surface area contributed by atoms with Gasteiger partial charge in [-0.3, -0.25) is 4.31 Å². The number of nitrogens with zero attached hydrogens (tertiary/aromatic N) is 2. The maximum Gasteiger partial charge on any atom is 0.303 e. The quantitative estimate of drug-likeness (QED) is 0.863. The van der Waals surface area contributed by atoms with Crippen LogP contribution in [0.3, 0.4) is 0 Å². The molecule has 0 saturated carbocycles. The monoisotopic (exact) mass is 285 g/mol. The molecule has 1 aliphatic heterocycles. The van der Waals surface area contributed by atoms with Crippen LogP contribution < -0.4 is 14.4 Å². The Kier molecular flexibility index (Phi) is 4.28. The average molecular weight is 285 g/mol. The summed E-state index contributed by atoms with van der Waals surface area (Å²) in [5.41, 5.74) is 0.595. The van der Waals surface area contributed by atoms with Crippen molar-refractivity contribution in [3.05, 3.63) is 24.3 Å². The van der Waals surface area contributed by atoms with Crippen molar-refractivity contribution in [3.8, 4) is 5.75 Å². The number of ether oxygens (including phenoxy) is 1. The molecular weight excluding hydrogens is 266 g/mol. The predicted molar refractivity (Wildman–Crippen MR) is 74.8 cm³/mol. The molecule has 0 aliphatic carbocycles. The number of hydrogen-bond acceptors (Lipinski definition) is 4. The third-order valence-electron chi connectivity index (χ3n) is 3.17. The maximum absolute atomic E-state index is 12.5. The van der Waals surface area contributed by atoms with E-state index < -0.39 is 10.2 Å². The maximum atomic E-state index is 12.5. The Labute approximate surface area is 114 Å². The molecule has 0 radical (unpaired) electrons. The fourth-order valence-corrected chi connectivity index (χ4v) is 3.36. The van der Waals surface area contributed by atoms with E-state index in [-0.39, 0.29) is 0 Å². The summed E-state index contributed by atoms with van der Waals surface area (Å²) in [7, 11) is -0.348. The molecule has 0 aromatic heterocycles. The molecule has 1 N–H and O–H groups in total. The van der Waals surface area contributed by atoms with Crippen LogP contribution in [0.15, 0.2) is 24.3 Å². The fraction of sp³-hybridized carbons (Fsp3) is 0.500. The first-order valence-electron chi connectivity index (χ1n) is 6.14. The topological polar surface area (TPSA) is 61.9 Å². The van der Waals surface area contributed by atoms with Gasteiger partial charge in [0.2, 0.25) is 0 Å². The smallest absolute Gasteiger partial charge is 0.303 e. The van der Waals surface area contributed by atoms with Gasteiger partial charge in [0.15, 0.2) is 0 Å². The second-order valence-electron chi connectivity index (χ2n) is 4.33. The number of anilines is 1. The van der Waals surface area contributed by atoms with E-state index in [4.69, 9.17) is 4.74 Å².